The van der Waals surface area contributed by atoms with Gasteiger partial charge in [0.25, 0.3) is 0 Å². The topological polar surface area (TPSA) is 29.9 Å². The van der Waals surface area contributed by atoms with Crippen molar-refractivity contribution in [2.75, 3.05) is 11.5 Å². The average molecular weight is 303 g/mol. The van der Waals surface area contributed by atoms with Crippen LogP contribution in [0.3, 0.4) is 0 Å². The Bertz CT molecular complexity index is 510. The van der Waals surface area contributed by atoms with Crippen LogP contribution in [0.2, 0.25) is 0 Å². The van der Waals surface area contributed by atoms with Crippen LogP contribution in [0.1, 0.15) is 31.4 Å². The summed E-state index contributed by atoms with van der Waals surface area (Å²) >= 11 is 2.01. The van der Waals surface area contributed by atoms with Gasteiger partial charge in [0.15, 0.2) is 0 Å². The van der Waals surface area contributed by atoms with Gasteiger partial charge >= 0.3 is 0 Å². The zero-order valence-corrected chi connectivity index (χ0v) is 13.8. The van der Waals surface area contributed by atoms with Crippen LogP contribution in [-0.2, 0) is 13.1 Å². The highest BCUT2D eigenvalue weighted by Gasteiger charge is 2.03. The molecule has 0 bridgehead atoms. The Morgan fingerprint density at radius 3 is 2.81 bits per heavy atom. The van der Waals surface area contributed by atoms with Crippen LogP contribution in [0.5, 0.6) is 0 Å². The highest BCUT2D eigenvalue weighted by atomic mass is 32.2. The van der Waals surface area contributed by atoms with E-state index in [1.54, 1.807) is 0 Å². The SMILES string of the molecule is CCSCCC(C)NCc1cnn(Cc2ccccc2)c1. The van der Waals surface area contributed by atoms with E-state index < -0.39 is 0 Å². The normalized spacial score (nSPS) is 12.5. The van der Waals surface area contributed by atoms with Gasteiger partial charge in [0.1, 0.15) is 0 Å². The fourth-order valence-electron chi connectivity index (χ4n) is 2.15. The van der Waals surface area contributed by atoms with E-state index in [0.717, 1.165) is 13.1 Å². The van der Waals surface area contributed by atoms with Crippen molar-refractivity contribution < 1.29 is 0 Å². The molecule has 1 atom stereocenters. The Labute approximate surface area is 132 Å². The van der Waals surface area contributed by atoms with Gasteiger partial charge in [-0.3, -0.25) is 4.68 Å². The molecule has 2 rings (SSSR count). The van der Waals surface area contributed by atoms with E-state index in [-0.39, 0.29) is 0 Å². The van der Waals surface area contributed by atoms with Crippen LogP contribution >= 0.6 is 11.8 Å². The van der Waals surface area contributed by atoms with Crippen molar-refractivity contribution in [3.05, 3.63) is 53.9 Å². The van der Waals surface area contributed by atoms with Gasteiger partial charge in [-0.15, -0.1) is 0 Å². The average Bonchev–Trinajstić information content (AvgIpc) is 2.94. The third kappa shape index (κ3) is 5.94. The van der Waals surface area contributed by atoms with Crippen LogP contribution in [0.25, 0.3) is 0 Å². The maximum atomic E-state index is 4.44. The second-order valence-electron chi connectivity index (χ2n) is 5.30. The number of aromatic nitrogens is 2. The van der Waals surface area contributed by atoms with Crippen LogP contribution in [0.15, 0.2) is 42.7 Å². The molecule has 2 aromatic rings. The monoisotopic (exact) mass is 303 g/mol. The van der Waals surface area contributed by atoms with E-state index >= 15 is 0 Å². The quantitative estimate of drug-likeness (QED) is 0.718. The number of thioether (sulfide) groups is 1. The van der Waals surface area contributed by atoms with E-state index in [9.17, 15) is 0 Å². The van der Waals surface area contributed by atoms with Crippen molar-refractivity contribution in [2.24, 2.45) is 0 Å². The minimum Gasteiger partial charge on any atom is -0.310 e. The first kappa shape index (κ1) is 16.1. The highest BCUT2D eigenvalue weighted by molar-refractivity contribution is 7.99. The molecule has 0 saturated carbocycles. The van der Waals surface area contributed by atoms with Crippen LogP contribution < -0.4 is 5.32 Å². The second kappa shape index (κ2) is 8.90. The van der Waals surface area contributed by atoms with E-state index in [2.05, 4.69) is 54.7 Å². The molecule has 1 heterocycles. The second-order valence-corrected chi connectivity index (χ2v) is 6.69. The zero-order chi connectivity index (χ0) is 14.9. The molecule has 0 aliphatic heterocycles. The molecule has 1 aromatic carbocycles. The molecule has 0 radical (unpaired) electrons. The molecule has 3 nitrogen and oxygen atoms in total. The van der Waals surface area contributed by atoms with Gasteiger partial charge in [0.05, 0.1) is 12.7 Å². The smallest absolute Gasteiger partial charge is 0.0659 e. The van der Waals surface area contributed by atoms with Gasteiger partial charge in [-0.05, 0) is 30.4 Å². The lowest BCUT2D eigenvalue weighted by atomic mass is 10.2. The molecule has 0 fully saturated rings. The summed E-state index contributed by atoms with van der Waals surface area (Å²) in [7, 11) is 0. The molecule has 114 valence electrons. The van der Waals surface area contributed by atoms with Crippen LogP contribution in [0, 0.1) is 0 Å². The number of benzene rings is 1. The van der Waals surface area contributed by atoms with Gasteiger partial charge in [-0.2, -0.15) is 16.9 Å². The van der Waals surface area contributed by atoms with Crippen molar-refractivity contribution >= 4 is 11.8 Å². The van der Waals surface area contributed by atoms with Gasteiger partial charge in [0.2, 0.25) is 0 Å². The van der Waals surface area contributed by atoms with Gasteiger partial charge < -0.3 is 5.32 Å². The molecule has 1 unspecified atom stereocenters. The van der Waals surface area contributed by atoms with Crippen molar-refractivity contribution in [2.45, 2.75) is 39.4 Å². The third-order valence-electron chi connectivity index (χ3n) is 3.43. The summed E-state index contributed by atoms with van der Waals surface area (Å²) in [5.74, 6) is 2.44. The molecule has 21 heavy (non-hydrogen) atoms. The van der Waals surface area contributed by atoms with Crippen molar-refractivity contribution in [1.82, 2.24) is 15.1 Å². The number of hydrogen-bond donors (Lipinski definition) is 1. The van der Waals surface area contributed by atoms with Gasteiger partial charge in [-0.1, -0.05) is 37.3 Å². The Hall–Kier alpha value is -1.26. The number of nitrogens with one attached hydrogen (secondary N) is 1. The summed E-state index contributed by atoms with van der Waals surface area (Å²) in [5.41, 5.74) is 2.53. The lowest BCUT2D eigenvalue weighted by Gasteiger charge is -2.12. The fraction of sp³-hybridized carbons (Fsp3) is 0.471. The van der Waals surface area contributed by atoms with Crippen molar-refractivity contribution in [1.29, 1.82) is 0 Å². The maximum Gasteiger partial charge on any atom is 0.0659 e. The molecule has 0 aliphatic carbocycles. The van der Waals surface area contributed by atoms with Gasteiger partial charge in [-0.25, -0.2) is 0 Å². The van der Waals surface area contributed by atoms with Crippen molar-refractivity contribution in [3.8, 4) is 0 Å². The van der Waals surface area contributed by atoms with Crippen LogP contribution in [-0.4, -0.2) is 27.3 Å². The molecule has 0 aliphatic rings. The maximum absolute atomic E-state index is 4.44. The first-order valence-corrected chi connectivity index (χ1v) is 8.79. The number of hydrogen-bond acceptors (Lipinski definition) is 3. The van der Waals surface area contributed by atoms with Crippen molar-refractivity contribution in [3.63, 3.8) is 0 Å². The number of rotatable bonds is 9. The van der Waals surface area contributed by atoms with E-state index in [1.807, 2.05) is 28.7 Å². The largest absolute Gasteiger partial charge is 0.310 e. The minimum atomic E-state index is 0.557. The summed E-state index contributed by atoms with van der Waals surface area (Å²) in [4.78, 5) is 0. The number of nitrogens with zero attached hydrogens (tertiary/aromatic N) is 2. The van der Waals surface area contributed by atoms with Gasteiger partial charge in [0, 0.05) is 24.3 Å². The summed E-state index contributed by atoms with van der Waals surface area (Å²) < 4.78 is 2.00. The standard InChI is InChI=1S/C17H25N3S/c1-3-21-10-9-15(2)18-11-17-12-19-20(14-17)13-16-7-5-4-6-8-16/h4-8,12,14-15,18H,3,9-11,13H2,1-2H3. The Kier molecular flexibility index (Phi) is 6.83. The lowest BCUT2D eigenvalue weighted by Crippen LogP contribution is -2.25. The first-order valence-electron chi connectivity index (χ1n) is 7.64. The molecular formula is C17H25N3S. The lowest BCUT2D eigenvalue weighted by molar-refractivity contribution is 0.537. The molecule has 0 saturated heterocycles. The highest BCUT2D eigenvalue weighted by Crippen LogP contribution is 2.06. The third-order valence-corrected chi connectivity index (χ3v) is 4.36. The minimum absolute atomic E-state index is 0.557. The fourth-order valence-corrected chi connectivity index (χ4v) is 2.96. The van der Waals surface area contributed by atoms with E-state index in [0.29, 0.717) is 6.04 Å². The Morgan fingerprint density at radius 2 is 2.05 bits per heavy atom. The molecule has 0 amide bonds. The molecule has 0 spiro atoms. The predicted molar refractivity (Wildman–Crippen MR) is 91.7 cm³/mol. The predicted octanol–water partition coefficient (Wildman–Crippen LogP) is 3.55. The Balaban J connectivity index is 1.75. The van der Waals surface area contributed by atoms with E-state index in [4.69, 9.17) is 0 Å². The summed E-state index contributed by atoms with van der Waals surface area (Å²) in [6.07, 6.45) is 5.31. The molecule has 1 N–H and O–H groups in total. The first-order chi connectivity index (χ1) is 10.3. The van der Waals surface area contributed by atoms with Crippen LogP contribution in [0.4, 0.5) is 0 Å². The zero-order valence-electron chi connectivity index (χ0n) is 13.0. The Morgan fingerprint density at radius 1 is 1.24 bits per heavy atom. The molecule has 4 heteroatoms. The summed E-state index contributed by atoms with van der Waals surface area (Å²) in [5, 5.41) is 8.01. The summed E-state index contributed by atoms with van der Waals surface area (Å²) in [6.45, 7) is 6.20. The summed E-state index contributed by atoms with van der Waals surface area (Å²) in [6, 6.07) is 11.0. The molecular weight excluding hydrogens is 278 g/mol. The molecule has 1 aromatic heterocycles. The van der Waals surface area contributed by atoms with E-state index in [1.165, 1.54) is 29.1 Å².